The molecule has 0 fully saturated rings. The summed E-state index contributed by atoms with van der Waals surface area (Å²) < 4.78 is 27.2. The second-order valence-corrected chi connectivity index (χ2v) is 6.33. The molecule has 2 aromatic rings. The Morgan fingerprint density at radius 2 is 2.00 bits per heavy atom. The minimum Gasteiger partial charge on any atom is -0.316 e. The molecule has 0 aromatic heterocycles. The van der Waals surface area contributed by atoms with E-state index in [9.17, 15) is 8.78 Å². The van der Waals surface area contributed by atoms with Crippen LogP contribution in [0, 0.1) is 11.6 Å². The van der Waals surface area contributed by atoms with Crippen LogP contribution in [-0.4, -0.2) is 18.8 Å². The molecule has 0 radical (unpaired) electrons. The summed E-state index contributed by atoms with van der Waals surface area (Å²) in [5, 5.41) is 3.28. The number of benzene rings is 2. The Hall–Kier alpha value is -1.39. The molecule has 1 nitrogen and oxygen atoms in total. The average Bonchev–Trinajstić information content (AvgIpc) is 2.93. The molecule has 0 saturated carbocycles. The van der Waals surface area contributed by atoms with Crippen molar-refractivity contribution in [1.82, 2.24) is 5.32 Å². The highest BCUT2D eigenvalue weighted by Crippen LogP contribution is 2.41. The van der Waals surface area contributed by atoms with E-state index in [-0.39, 0.29) is 6.04 Å². The number of rotatable bonds is 4. The van der Waals surface area contributed by atoms with Gasteiger partial charge in [-0.1, -0.05) is 30.3 Å². The molecule has 2 unspecified atom stereocenters. The molecule has 0 amide bonds. The highest BCUT2D eigenvalue weighted by molar-refractivity contribution is 7.99. The van der Waals surface area contributed by atoms with E-state index in [1.54, 1.807) is 12.1 Å². The minimum atomic E-state index is -0.774. The van der Waals surface area contributed by atoms with Gasteiger partial charge in [0.2, 0.25) is 0 Å². The first-order chi connectivity index (χ1) is 10.2. The van der Waals surface area contributed by atoms with E-state index in [1.165, 1.54) is 10.5 Å². The molecule has 4 heteroatoms. The first kappa shape index (κ1) is 14.5. The van der Waals surface area contributed by atoms with Gasteiger partial charge in [0.25, 0.3) is 0 Å². The lowest BCUT2D eigenvalue weighted by molar-refractivity contribution is 0.459. The fourth-order valence-electron chi connectivity index (χ4n) is 2.91. The Labute approximate surface area is 127 Å². The predicted molar refractivity (Wildman–Crippen MR) is 82.8 cm³/mol. The van der Waals surface area contributed by atoms with Crippen LogP contribution in [0.1, 0.15) is 17.0 Å². The lowest BCUT2D eigenvalue weighted by Crippen LogP contribution is -2.34. The first-order valence-corrected chi connectivity index (χ1v) is 8.01. The van der Waals surface area contributed by atoms with Crippen molar-refractivity contribution in [3.63, 3.8) is 0 Å². The highest BCUT2D eigenvalue weighted by Gasteiger charge is 2.30. The largest absolute Gasteiger partial charge is 0.316 e. The molecule has 0 aliphatic carbocycles. The lowest BCUT2D eigenvalue weighted by Gasteiger charge is -2.24. The topological polar surface area (TPSA) is 12.0 Å². The van der Waals surface area contributed by atoms with Crippen LogP contribution in [0.4, 0.5) is 8.78 Å². The normalized spacial score (nSPS) is 18.5. The zero-order chi connectivity index (χ0) is 14.8. The van der Waals surface area contributed by atoms with Gasteiger partial charge in [-0.25, -0.2) is 8.78 Å². The fraction of sp³-hybridized carbons (Fsp3) is 0.294. The van der Waals surface area contributed by atoms with Crippen molar-refractivity contribution in [2.24, 2.45) is 0 Å². The van der Waals surface area contributed by atoms with Crippen LogP contribution in [0.3, 0.4) is 0 Å². The third kappa shape index (κ3) is 2.83. The second-order valence-electron chi connectivity index (χ2n) is 5.27. The summed E-state index contributed by atoms with van der Waals surface area (Å²) in [5.41, 5.74) is 1.74. The van der Waals surface area contributed by atoms with Crippen molar-refractivity contribution in [2.75, 3.05) is 12.8 Å². The number of hydrogen-bond acceptors (Lipinski definition) is 2. The minimum absolute atomic E-state index is 0.0949. The Kier molecular flexibility index (Phi) is 4.27. The summed E-state index contributed by atoms with van der Waals surface area (Å²) in [6.45, 7) is 0. The summed E-state index contributed by atoms with van der Waals surface area (Å²) in [7, 11) is 1.88. The molecule has 0 spiro atoms. The van der Waals surface area contributed by atoms with Crippen molar-refractivity contribution in [3.8, 4) is 0 Å². The van der Waals surface area contributed by atoms with E-state index in [1.807, 2.05) is 30.9 Å². The van der Waals surface area contributed by atoms with Gasteiger partial charge in [-0.15, -0.1) is 11.8 Å². The van der Waals surface area contributed by atoms with Crippen molar-refractivity contribution >= 4 is 11.8 Å². The molecule has 1 heterocycles. The van der Waals surface area contributed by atoms with E-state index in [0.717, 1.165) is 11.8 Å². The van der Waals surface area contributed by atoms with E-state index in [2.05, 4.69) is 17.4 Å². The van der Waals surface area contributed by atoms with Gasteiger partial charge < -0.3 is 5.32 Å². The van der Waals surface area contributed by atoms with Gasteiger partial charge in [-0.3, -0.25) is 0 Å². The summed E-state index contributed by atoms with van der Waals surface area (Å²) in [5.74, 6) is -0.207. The van der Waals surface area contributed by atoms with Gasteiger partial charge in [0, 0.05) is 22.6 Å². The Bertz CT molecular complexity index is 644. The average molecular weight is 305 g/mol. The van der Waals surface area contributed by atoms with Crippen LogP contribution in [0.2, 0.25) is 0 Å². The van der Waals surface area contributed by atoms with Crippen LogP contribution in [0.25, 0.3) is 0 Å². The van der Waals surface area contributed by atoms with E-state index in [4.69, 9.17) is 0 Å². The standard InChI is InChI=1S/C17H17F2NS/c1-20-15(9-11-5-4-7-14(18)17(11)19)13-10-21-16-8-3-2-6-12(13)16/h2-8,13,15,20H,9-10H2,1H3. The van der Waals surface area contributed by atoms with E-state index in [0.29, 0.717) is 17.9 Å². The molecule has 1 aliphatic rings. The smallest absolute Gasteiger partial charge is 0.162 e. The first-order valence-electron chi connectivity index (χ1n) is 7.02. The van der Waals surface area contributed by atoms with Crippen LogP contribution < -0.4 is 5.32 Å². The van der Waals surface area contributed by atoms with Crippen molar-refractivity contribution < 1.29 is 8.78 Å². The zero-order valence-corrected chi connectivity index (χ0v) is 12.6. The Morgan fingerprint density at radius 1 is 1.19 bits per heavy atom. The predicted octanol–water partition coefficient (Wildman–Crippen LogP) is 3.98. The summed E-state index contributed by atoms with van der Waals surface area (Å²) in [6, 6.07) is 12.8. The van der Waals surface area contributed by atoms with Crippen molar-refractivity contribution in [1.29, 1.82) is 0 Å². The molecule has 110 valence electrons. The SMILES string of the molecule is CNC(Cc1cccc(F)c1F)C1CSc2ccccc21. The van der Waals surface area contributed by atoms with Gasteiger partial charge in [-0.05, 0) is 36.7 Å². The third-order valence-electron chi connectivity index (χ3n) is 4.06. The maximum Gasteiger partial charge on any atom is 0.162 e. The fourth-order valence-corrected chi connectivity index (χ4v) is 4.24. The number of nitrogens with one attached hydrogen (secondary N) is 1. The van der Waals surface area contributed by atoms with Crippen molar-refractivity contribution in [2.45, 2.75) is 23.3 Å². The maximum atomic E-state index is 13.9. The number of halogens is 2. The van der Waals surface area contributed by atoms with Gasteiger partial charge >= 0.3 is 0 Å². The molecular weight excluding hydrogens is 288 g/mol. The summed E-state index contributed by atoms with van der Waals surface area (Å²) in [6.07, 6.45) is 0.486. The number of likely N-dealkylation sites (N-methyl/N-ethyl adjacent to an activating group) is 1. The summed E-state index contributed by atoms with van der Waals surface area (Å²) in [4.78, 5) is 1.29. The lowest BCUT2D eigenvalue weighted by atomic mass is 9.89. The molecule has 1 N–H and O–H groups in total. The van der Waals surface area contributed by atoms with Gasteiger partial charge in [0.05, 0.1) is 0 Å². The molecular formula is C17H17F2NS. The highest BCUT2D eigenvalue weighted by atomic mass is 32.2. The molecule has 21 heavy (non-hydrogen) atoms. The monoisotopic (exact) mass is 305 g/mol. The number of thioether (sulfide) groups is 1. The van der Waals surface area contributed by atoms with E-state index < -0.39 is 11.6 Å². The second kappa shape index (κ2) is 6.16. The molecule has 3 rings (SSSR count). The Balaban J connectivity index is 1.85. The van der Waals surface area contributed by atoms with Gasteiger partial charge in [0.15, 0.2) is 11.6 Å². The number of hydrogen-bond donors (Lipinski definition) is 1. The maximum absolute atomic E-state index is 13.9. The zero-order valence-electron chi connectivity index (χ0n) is 11.8. The molecule has 0 bridgehead atoms. The van der Waals surface area contributed by atoms with Gasteiger partial charge in [-0.2, -0.15) is 0 Å². The van der Waals surface area contributed by atoms with Crippen LogP contribution >= 0.6 is 11.8 Å². The van der Waals surface area contributed by atoms with Crippen LogP contribution in [0.15, 0.2) is 47.4 Å². The van der Waals surface area contributed by atoms with Crippen LogP contribution in [0.5, 0.6) is 0 Å². The molecule has 2 aromatic carbocycles. The molecule has 1 aliphatic heterocycles. The quantitative estimate of drug-likeness (QED) is 0.917. The van der Waals surface area contributed by atoms with Crippen molar-refractivity contribution in [3.05, 3.63) is 65.2 Å². The molecule has 2 atom stereocenters. The van der Waals surface area contributed by atoms with Gasteiger partial charge in [0.1, 0.15) is 0 Å². The molecule has 0 saturated heterocycles. The number of fused-ring (bicyclic) bond motifs is 1. The van der Waals surface area contributed by atoms with Crippen LogP contribution in [-0.2, 0) is 6.42 Å². The van der Waals surface area contributed by atoms with E-state index >= 15 is 0 Å². The summed E-state index contributed by atoms with van der Waals surface area (Å²) >= 11 is 1.83. The Morgan fingerprint density at radius 3 is 2.81 bits per heavy atom. The third-order valence-corrected chi connectivity index (χ3v) is 5.27.